The zero-order valence-corrected chi connectivity index (χ0v) is 11.6. The summed E-state index contributed by atoms with van der Waals surface area (Å²) in [6, 6.07) is 0.162. The molecule has 0 radical (unpaired) electrons. The third kappa shape index (κ3) is 6.74. The third-order valence-corrected chi connectivity index (χ3v) is 4.07. The van der Waals surface area contributed by atoms with Crippen molar-refractivity contribution >= 4 is 23.8 Å². The van der Waals surface area contributed by atoms with Gasteiger partial charge in [-0.3, -0.25) is 4.79 Å². The minimum absolute atomic E-state index is 0.130. The number of hydrogen-bond acceptors (Lipinski definition) is 3. The van der Waals surface area contributed by atoms with Gasteiger partial charge >= 0.3 is 12.0 Å². The maximum Gasteiger partial charge on any atom is 0.315 e. The van der Waals surface area contributed by atoms with Gasteiger partial charge in [-0.1, -0.05) is 6.92 Å². The van der Waals surface area contributed by atoms with Gasteiger partial charge in [0.05, 0.1) is 0 Å². The van der Waals surface area contributed by atoms with Crippen molar-refractivity contribution in [1.29, 1.82) is 0 Å². The second-order valence-corrected chi connectivity index (χ2v) is 6.00. The highest BCUT2D eigenvalue weighted by Gasteiger charge is 2.16. The summed E-state index contributed by atoms with van der Waals surface area (Å²) in [6.45, 7) is 2.47. The van der Waals surface area contributed by atoms with Gasteiger partial charge in [0, 0.05) is 19.0 Å². The third-order valence-electron chi connectivity index (χ3n) is 3.02. The minimum atomic E-state index is -0.786. The van der Waals surface area contributed by atoms with Crippen molar-refractivity contribution in [1.82, 2.24) is 10.6 Å². The Morgan fingerprint density at radius 1 is 1.39 bits per heavy atom. The van der Waals surface area contributed by atoms with Gasteiger partial charge in [-0.2, -0.15) is 11.8 Å². The highest BCUT2D eigenvalue weighted by Crippen LogP contribution is 2.16. The molecule has 1 aliphatic heterocycles. The molecular formula is C12H22N2O3S. The normalized spacial score (nSPS) is 18.1. The Morgan fingerprint density at radius 3 is 2.67 bits per heavy atom. The number of carboxylic acid groups (broad SMARTS) is 1. The van der Waals surface area contributed by atoms with Crippen LogP contribution in [0.5, 0.6) is 0 Å². The monoisotopic (exact) mass is 274 g/mol. The molecule has 0 bridgehead atoms. The Kier molecular flexibility index (Phi) is 6.93. The number of carboxylic acids is 1. The molecule has 0 aromatic carbocycles. The predicted octanol–water partition coefficient (Wildman–Crippen LogP) is 1.68. The van der Waals surface area contributed by atoms with Crippen LogP contribution in [0.1, 0.15) is 32.6 Å². The molecule has 0 spiro atoms. The summed E-state index contributed by atoms with van der Waals surface area (Å²) in [5.41, 5.74) is 0. The van der Waals surface area contributed by atoms with Crippen LogP contribution >= 0.6 is 11.8 Å². The van der Waals surface area contributed by atoms with Crippen molar-refractivity contribution in [2.75, 3.05) is 18.1 Å². The Labute approximate surface area is 112 Å². The van der Waals surface area contributed by atoms with E-state index in [1.165, 1.54) is 0 Å². The van der Waals surface area contributed by atoms with E-state index >= 15 is 0 Å². The van der Waals surface area contributed by atoms with E-state index in [0.717, 1.165) is 24.3 Å². The number of urea groups is 1. The van der Waals surface area contributed by atoms with Gasteiger partial charge in [-0.25, -0.2) is 4.79 Å². The van der Waals surface area contributed by atoms with Crippen LogP contribution in [0.25, 0.3) is 0 Å². The molecule has 18 heavy (non-hydrogen) atoms. The Bertz CT molecular complexity index is 280. The average molecular weight is 274 g/mol. The molecule has 0 saturated carbocycles. The molecule has 1 rings (SSSR count). The number of nitrogens with one attached hydrogen (secondary N) is 2. The van der Waals surface area contributed by atoms with E-state index < -0.39 is 5.97 Å². The molecule has 3 N–H and O–H groups in total. The molecular weight excluding hydrogens is 252 g/mol. The number of thioether (sulfide) groups is 1. The van der Waals surface area contributed by atoms with Crippen LogP contribution in [0, 0.1) is 5.92 Å². The summed E-state index contributed by atoms with van der Waals surface area (Å²) in [7, 11) is 0. The second kappa shape index (κ2) is 8.24. The molecule has 0 aromatic rings. The zero-order chi connectivity index (χ0) is 13.4. The number of aliphatic carboxylic acids is 1. The van der Waals surface area contributed by atoms with Gasteiger partial charge in [-0.15, -0.1) is 0 Å². The molecule has 1 fully saturated rings. The van der Waals surface area contributed by atoms with Gasteiger partial charge in [0.1, 0.15) is 0 Å². The molecule has 104 valence electrons. The summed E-state index contributed by atoms with van der Waals surface area (Å²) in [4.78, 5) is 22.0. The first-order valence-electron chi connectivity index (χ1n) is 6.42. The summed E-state index contributed by atoms with van der Waals surface area (Å²) >= 11 is 1.93. The SMILES string of the molecule is CC(CCC(=O)O)CNC(=O)NC1CCSCC1. The van der Waals surface area contributed by atoms with Crippen LogP contribution < -0.4 is 10.6 Å². The summed E-state index contributed by atoms with van der Waals surface area (Å²) in [6.07, 6.45) is 2.82. The van der Waals surface area contributed by atoms with E-state index in [1.54, 1.807) is 0 Å². The van der Waals surface area contributed by atoms with Crippen molar-refractivity contribution in [3.63, 3.8) is 0 Å². The standard InChI is InChI=1S/C12H22N2O3S/c1-9(2-3-11(15)16)8-13-12(17)14-10-4-6-18-7-5-10/h9-10H,2-8H2,1H3,(H,15,16)(H2,13,14,17). The fourth-order valence-electron chi connectivity index (χ4n) is 1.82. The Balaban J connectivity index is 2.10. The lowest BCUT2D eigenvalue weighted by Gasteiger charge is -2.23. The predicted molar refractivity (Wildman–Crippen MR) is 72.9 cm³/mol. The van der Waals surface area contributed by atoms with Gasteiger partial charge in [0.15, 0.2) is 0 Å². The zero-order valence-electron chi connectivity index (χ0n) is 10.8. The van der Waals surface area contributed by atoms with E-state index in [9.17, 15) is 9.59 Å². The lowest BCUT2D eigenvalue weighted by molar-refractivity contribution is -0.137. The van der Waals surface area contributed by atoms with Gasteiger partial charge < -0.3 is 15.7 Å². The fourth-order valence-corrected chi connectivity index (χ4v) is 2.92. The van der Waals surface area contributed by atoms with Gasteiger partial charge in [0.25, 0.3) is 0 Å². The summed E-state index contributed by atoms with van der Waals surface area (Å²) < 4.78 is 0. The van der Waals surface area contributed by atoms with Crippen LogP contribution in [-0.4, -0.2) is 41.2 Å². The van der Waals surface area contributed by atoms with Gasteiger partial charge in [0.2, 0.25) is 0 Å². The molecule has 1 unspecified atom stereocenters. The van der Waals surface area contributed by atoms with E-state index in [2.05, 4.69) is 10.6 Å². The number of rotatable bonds is 6. The molecule has 1 heterocycles. The number of hydrogen-bond donors (Lipinski definition) is 3. The highest BCUT2D eigenvalue weighted by atomic mass is 32.2. The van der Waals surface area contributed by atoms with E-state index in [-0.39, 0.29) is 18.4 Å². The first kappa shape index (κ1) is 15.1. The van der Waals surface area contributed by atoms with Crippen molar-refractivity contribution < 1.29 is 14.7 Å². The summed E-state index contributed by atoms with van der Waals surface area (Å²) in [5.74, 6) is 1.62. The van der Waals surface area contributed by atoms with Crippen molar-refractivity contribution in [2.45, 2.75) is 38.6 Å². The van der Waals surface area contributed by atoms with E-state index in [4.69, 9.17) is 5.11 Å². The number of carbonyl (C=O) groups excluding carboxylic acids is 1. The maximum absolute atomic E-state index is 11.6. The Morgan fingerprint density at radius 2 is 2.06 bits per heavy atom. The number of amides is 2. The Hall–Kier alpha value is -0.910. The van der Waals surface area contributed by atoms with Crippen LogP contribution in [0.2, 0.25) is 0 Å². The average Bonchev–Trinajstić information content (AvgIpc) is 2.35. The molecule has 5 nitrogen and oxygen atoms in total. The molecule has 0 aromatic heterocycles. The number of carbonyl (C=O) groups is 2. The van der Waals surface area contributed by atoms with Crippen molar-refractivity contribution in [2.24, 2.45) is 5.92 Å². The molecule has 1 saturated heterocycles. The van der Waals surface area contributed by atoms with Crippen LogP contribution in [-0.2, 0) is 4.79 Å². The molecule has 6 heteroatoms. The smallest absolute Gasteiger partial charge is 0.315 e. The van der Waals surface area contributed by atoms with E-state index in [1.807, 2.05) is 18.7 Å². The fraction of sp³-hybridized carbons (Fsp3) is 0.833. The molecule has 1 aliphatic rings. The van der Waals surface area contributed by atoms with Crippen molar-refractivity contribution in [3.05, 3.63) is 0 Å². The quantitative estimate of drug-likeness (QED) is 0.688. The topological polar surface area (TPSA) is 78.4 Å². The largest absolute Gasteiger partial charge is 0.481 e. The minimum Gasteiger partial charge on any atom is -0.481 e. The van der Waals surface area contributed by atoms with Crippen LogP contribution in [0.15, 0.2) is 0 Å². The molecule has 0 aliphatic carbocycles. The first-order chi connectivity index (χ1) is 8.58. The van der Waals surface area contributed by atoms with Crippen molar-refractivity contribution in [3.8, 4) is 0 Å². The van der Waals surface area contributed by atoms with Gasteiger partial charge in [-0.05, 0) is 36.7 Å². The summed E-state index contributed by atoms with van der Waals surface area (Å²) in [5, 5.41) is 14.3. The van der Waals surface area contributed by atoms with Crippen LogP contribution in [0.3, 0.4) is 0 Å². The highest BCUT2D eigenvalue weighted by molar-refractivity contribution is 7.99. The molecule has 1 atom stereocenters. The maximum atomic E-state index is 11.6. The van der Waals surface area contributed by atoms with Crippen LogP contribution in [0.4, 0.5) is 4.79 Å². The van der Waals surface area contributed by atoms with E-state index in [0.29, 0.717) is 19.0 Å². The second-order valence-electron chi connectivity index (χ2n) is 4.78. The lowest BCUT2D eigenvalue weighted by Crippen LogP contribution is -2.44. The first-order valence-corrected chi connectivity index (χ1v) is 7.57. The lowest BCUT2D eigenvalue weighted by atomic mass is 10.1. The molecule has 2 amide bonds.